The second-order valence-corrected chi connectivity index (χ2v) is 13.5. The van der Waals surface area contributed by atoms with Crippen molar-refractivity contribution in [2.24, 2.45) is 0 Å². The lowest BCUT2D eigenvalue weighted by Crippen LogP contribution is -2.27. The monoisotopic (exact) mass is 631 g/mol. The molecule has 3 amide bonds. The predicted octanol–water partition coefficient (Wildman–Crippen LogP) is 7.31. The number of anilines is 4. The SMILES string of the molecule is CNC(=O)c1ccc(-c2c(C3CC34CC(=O)Nc3cccc(-c5cccc(Cl)c5C)c3N4)ccc3c2NC2(CC2)CC(=O)N3)cc1. The zero-order chi connectivity index (χ0) is 31.8. The maximum absolute atomic E-state index is 13.5. The van der Waals surface area contributed by atoms with Crippen molar-refractivity contribution in [3.8, 4) is 22.3 Å². The van der Waals surface area contributed by atoms with Gasteiger partial charge in [-0.05, 0) is 78.8 Å². The Kier molecular flexibility index (Phi) is 6.45. The number of halogens is 1. The van der Waals surface area contributed by atoms with Crippen LogP contribution in [0, 0.1) is 6.92 Å². The van der Waals surface area contributed by atoms with E-state index >= 15 is 0 Å². The lowest BCUT2D eigenvalue weighted by atomic mass is 9.90. The summed E-state index contributed by atoms with van der Waals surface area (Å²) in [6.45, 7) is 2.01. The van der Waals surface area contributed by atoms with Crippen molar-refractivity contribution >= 4 is 52.1 Å². The van der Waals surface area contributed by atoms with Gasteiger partial charge in [0.05, 0.1) is 34.7 Å². The van der Waals surface area contributed by atoms with E-state index in [2.05, 4.69) is 44.8 Å². The van der Waals surface area contributed by atoms with Crippen molar-refractivity contribution in [1.29, 1.82) is 0 Å². The molecule has 2 spiro atoms. The summed E-state index contributed by atoms with van der Waals surface area (Å²) in [5.74, 6) is -0.183. The Labute approximate surface area is 272 Å². The summed E-state index contributed by atoms with van der Waals surface area (Å²) in [4.78, 5) is 38.7. The molecule has 2 atom stereocenters. The Morgan fingerprint density at radius 1 is 0.826 bits per heavy atom. The third-order valence-corrected chi connectivity index (χ3v) is 10.5. The second kappa shape index (κ2) is 10.4. The lowest BCUT2D eigenvalue weighted by Gasteiger charge is -2.25. The van der Waals surface area contributed by atoms with Gasteiger partial charge in [0.2, 0.25) is 11.8 Å². The van der Waals surface area contributed by atoms with Crippen molar-refractivity contribution in [2.45, 2.75) is 56.0 Å². The first-order chi connectivity index (χ1) is 22.2. The molecule has 4 aromatic carbocycles. The third kappa shape index (κ3) is 4.70. The molecule has 8 nitrogen and oxygen atoms in total. The molecule has 4 aliphatic rings. The van der Waals surface area contributed by atoms with E-state index < -0.39 is 5.54 Å². The molecule has 2 aliphatic carbocycles. The smallest absolute Gasteiger partial charge is 0.251 e. The molecule has 5 N–H and O–H groups in total. The van der Waals surface area contributed by atoms with E-state index in [1.165, 1.54) is 0 Å². The first-order valence-electron chi connectivity index (χ1n) is 15.7. The molecule has 4 aromatic rings. The van der Waals surface area contributed by atoms with Gasteiger partial charge < -0.3 is 26.6 Å². The first kappa shape index (κ1) is 28.6. The Balaban J connectivity index is 1.25. The molecule has 0 bridgehead atoms. The summed E-state index contributed by atoms with van der Waals surface area (Å²) in [6, 6.07) is 23.5. The highest BCUT2D eigenvalue weighted by atomic mass is 35.5. The number of amides is 3. The number of carbonyl (C=O) groups excluding carboxylic acids is 3. The summed E-state index contributed by atoms with van der Waals surface area (Å²) in [7, 11) is 1.62. The van der Waals surface area contributed by atoms with Crippen molar-refractivity contribution in [1.82, 2.24) is 5.32 Å². The number of hydrogen-bond donors (Lipinski definition) is 5. The average molecular weight is 632 g/mol. The third-order valence-electron chi connectivity index (χ3n) is 10.1. The summed E-state index contributed by atoms with van der Waals surface area (Å²) in [5, 5.41) is 17.3. The first-order valence-corrected chi connectivity index (χ1v) is 16.1. The fourth-order valence-corrected chi connectivity index (χ4v) is 7.56. The van der Waals surface area contributed by atoms with Crippen molar-refractivity contribution < 1.29 is 14.4 Å². The van der Waals surface area contributed by atoms with Crippen LogP contribution in [0.4, 0.5) is 22.7 Å². The highest BCUT2D eigenvalue weighted by molar-refractivity contribution is 6.31. The molecule has 0 radical (unpaired) electrons. The fourth-order valence-electron chi connectivity index (χ4n) is 7.39. The Morgan fingerprint density at radius 2 is 1.52 bits per heavy atom. The van der Waals surface area contributed by atoms with Crippen molar-refractivity contribution in [3.63, 3.8) is 0 Å². The van der Waals surface area contributed by atoms with Gasteiger partial charge in [0.1, 0.15) is 0 Å². The average Bonchev–Trinajstić information content (AvgIpc) is 3.97. The molecule has 232 valence electrons. The van der Waals surface area contributed by atoms with Crippen molar-refractivity contribution in [3.05, 3.63) is 94.5 Å². The number of fused-ring (bicyclic) bond motifs is 2. The molecular formula is C37H34ClN5O3. The fraction of sp³-hybridized carbons (Fsp3) is 0.270. The quantitative estimate of drug-likeness (QED) is 0.162. The standard InChI is InChI=1S/C37H34ClN5O3/c1-20-23(5-3-7-27(20)38)24-6-4-8-28-33(24)43-37(19-31(45)40-28)17-26(37)25-13-14-29-34(42-36(15-16-36)18-30(44)41-29)32(25)21-9-11-22(12-10-21)35(46)39-2/h3-14,26,42-43H,15-19H2,1-2H3,(H,39,46)(H,40,45)(H,41,44). The molecule has 2 saturated carbocycles. The highest BCUT2D eigenvalue weighted by Gasteiger charge is 2.58. The summed E-state index contributed by atoms with van der Waals surface area (Å²) in [5.41, 5.74) is 9.05. The van der Waals surface area contributed by atoms with E-state index in [0.29, 0.717) is 23.4 Å². The van der Waals surface area contributed by atoms with E-state index in [1.54, 1.807) is 7.05 Å². The highest BCUT2D eigenvalue weighted by Crippen LogP contribution is 2.61. The molecule has 46 heavy (non-hydrogen) atoms. The van der Waals surface area contributed by atoms with Crippen LogP contribution in [-0.2, 0) is 9.59 Å². The normalized spacial score (nSPS) is 21.8. The number of rotatable bonds is 4. The maximum Gasteiger partial charge on any atom is 0.251 e. The minimum Gasteiger partial charge on any atom is -0.377 e. The van der Waals surface area contributed by atoms with Crippen LogP contribution in [0.5, 0.6) is 0 Å². The van der Waals surface area contributed by atoms with Crippen LogP contribution in [0.25, 0.3) is 22.3 Å². The Bertz CT molecular complexity index is 1970. The van der Waals surface area contributed by atoms with Crippen molar-refractivity contribution in [2.75, 3.05) is 28.3 Å². The van der Waals surface area contributed by atoms with Gasteiger partial charge in [0.25, 0.3) is 5.91 Å². The number of benzene rings is 4. The summed E-state index contributed by atoms with van der Waals surface area (Å²) < 4.78 is 0. The van der Waals surface area contributed by atoms with Gasteiger partial charge in [-0.2, -0.15) is 0 Å². The topological polar surface area (TPSA) is 111 Å². The maximum atomic E-state index is 13.5. The van der Waals surface area contributed by atoms with Crippen LogP contribution in [0.2, 0.25) is 5.02 Å². The Hall–Kier alpha value is -4.82. The van der Waals surface area contributed by atoms with E-state index in [0.717, 1.165) is 75.4 Å². The predicted molar refractivity (Wildman–Crippen MR) is 183 cm³/mol. The minimum atomic E-state index is -0.520. The zero-order valence-electron chi connectivity index (χ0n) is 25.6. The van der Waals surface area contributed by atoms with Gasteiger partial charge in [-0.1, -0.05) is 54.1 Å². The van der Waals surface area contributed by atoms with Gasteiger partial charge in [0.15, 0.2) is 0 Å². The zero-order valence-corrected chi connectivity index (χ0v) is 26.4. The molecule has 8 rings (SSSR count). The van der Waals surface area contributed by atoms with Crippen LogP contribution < -0.4 is 26.6 Å². The van der Waals surface area contributed by atoms with Gasteiger partial charge in [-0.25, -0.2) is 0 Å². The Morgan fingerprint density at radius 3 is 2.26 bits per heavy atom. The van der Waals surface area contributed by atoms with Gasteiger partial charge in [-0.15, -0.1) is 0 Å². The van der Waals surface area contributed by atoms with E-state index in [9.17, 15) is 14.4 Å². The molecule has 0 saturated heterocycles. The van der Waals surface area contributed by atoms with Crippen LogP contribution in [0.1, 0.15) is 59.5 Å². The molecular weight excluding hydrogens is 598 g/mol. The van der Waals surface area contributed by atoms with Crippen LogP contribution >= 0.6 is 11.6 Å². The van der Waals surface area contributed by atoms with Gasteiger partial charge in [-0.3, -0.25) is 14.4 Å². The van der Waals surface area contributed by atoms with Gasteiger partial charge in [0, 0.05) is 46.6 Å². The van der Waals surface area contributed by atoms with E-state index in [1.807, 2.05) is 61.5 Å². The van der Waals surface area contributed by atoms with E-state index in [4.69, 9.17) is 11.6 Å². The number of hydrogen-bond acceptors (Lipinski definition) is 5. The van der Waals surface area contributed by atoms with Crippen LogP contribution in [-0.4, -0.2) is 35.8 Å². The largest absolute Gasteiger partial charge is 0.377 e. The molecule has 2 aliphatic heterocycles. The summed E-state index contributed by atoms with van der Waals surface area (Å²) in [6.07, 6.45) is 3.33. The number of nitrogens with one attached hydrogen (secondary N) is 5. The van der Waals surface area contributed by atoms with Gasteiger partial charge >= 0.3 is 0 Å². The van der Waals surface area contributed by atoms with Crippen LogP contribution in [0.15, 0.2) is 72.8 Å². The minimum absolute atomic E-state index is 0.00265. The summed E-state index contributed by atoms with van der Waals surface area (Å²) >= 11 is 6.54. The lowest BCUT2D eigenvalue weighted by molar-refractivity contribution is -0.117. The molecule has 9 heteroatoms. The number of carbonyl (C=O) groups is 3. The molecule has 2 unspecified atom stereocenters. The molecule has 2 heterocycles. The van der Waals surface area contributed by atoms with E-state index in [-0.39, 0.29) is 29.2 Å². The number of para-hydroxylation sites is 1. The molecule has 2 fully saturated rings. The second-order valence-electron chi connectivity index (χ2n) is 13.1. The van der Waals surface area contributed by atoms with Crippen LogP contribution in [0.3, 0.4) is 0 Å². The molecule has 0 aromatic heterocycles.